The molecule has 0 aliphatic heterocycles. The van der Waals surface area contributed by atoms with Crippen molar-refractivity contribution in [1.82, 2.24) is 10.6 Å². The predicted molar refractivity (Wildman–Crippen MR) is 92.2 cm³/mol. The number of amides is 2. The lowest BCUT2D eigenvalue weighted by molar-refractivity contribution is -0.134. The summed E-state index contributed by atoms with van der Waals surface area (Å²) in [6.07, 6.45) is -4.38. The number of nitrogens with one attached hydrogen (secondary N) is 3. The average Bonchev–Trinajstić information content (AvgIpc) is 2.92. The molecular weight excluding hydrogens is 351 g/mol. The van der Waals surface area contributed by atoms with E-state index in [1.54, 1.807) is 0 Å². The molecule has 0 unspecified atom stereocenters. The van der Waals surface area contributed by atoms with Crippen LogP contribution >= 0.6 is 11.3 Å². The Balaban J connectivity index is 1.97. The Labute approximate surface area is 147 Å². The van der Waals surface area contributed by atoms with Gasteiger partial charge in [-0.05, 0) is 44.0 Å². The molecule has 3 N–H and O–H groups in total. The van der Waals surface area contributed by atoms with Gasteiger partial charge in [0, 0.05) is 10.4 Å². The number of carbonyl (C=O) groups excluding carboxylic acids is 1. The first-order valence-electron chi connectivity index (χ1n) is 7.45. The second-order valence-corrected chi connectivity index (χ2v) is 6.89. The van der Waals surface area contributed by atoms with Crippen molar-refractivity contribution in [2.45, 2.75) is 33.5 Å². The number of hydrogen-bond donors (Lipinski definition) is 3. The van der Waals surface area contributed by atoms with Crippen molar-refractivity contribution in [2.24, 2.45) is 0 Å². The van der Waals surface area contributed by atoms with Gasteiger partial charge in [-0.3, -0.25) is 10.7 Å². The van der Waals surface area contributed by atoms with Gasteiger partial charge in [-0.1, -0.05) is 17.7 Å². The van der Waals surface area contributed by atoms with Gasteiger partial charge in [-0.2, -0.15) is 13.2 Å². The van der Waals surface area contributed by atoms with E-state index < -0.39 is 17.1 Å². The molecule has 134 valence electrons. The van der Waals surface area contributed by atoms with Crippen molar-refractivity contribution in [3.05, 3.63) is 56.3 Å². The van der Waals surface area contributed by atoms with E-state index in [1.807, 2.05) is 32.9 Å². The SMILES string of the molecule is Cc1cc(C)c(C(=N)NC(=O)NCc2ccc(C(F)(F)F)s2)c(C)c1. The third-order valence-electron chi connectivity index (χ3n) is 3.53. The number of amidine groups is 1. The number of alkyl halides is 3. The Morgan fingerprint density at radius 1 is 1.16 bits per heavy atom. The standard InChI is InChI=1S/C17H18F3N3OS/c1-9-6-10(2)14(11(3)7-9)15(21)23-16(24)22-8-12-4-5-13(25-12)17(18,19)20/h4-7H,8H2,1-3H3,(H3,21,22,23,24). The van der Waals surface area contributed by atoms with Crippen LogP contribution in [-0.2, 0) is 12.7 Å². The molecule has 25 heavy (non-hydrogen) atoms. The van der Waals surface area contributed by atoms with Gasteiger partial charge < -0.3 is 5.32 Å². The van der Waals surface area contributed by atoms with Crippen LogP contribution in [0.4, 0.5) is 18.0 Å². The number of aryl methyl sites for hydroxylation is 3. The van der Waals surface area contributed by atoms with Gasteiger partial charge in [0.25, 0.3) is 0 Å². The molecular formula is C17H18F3N3OS. The quantitative estimate of drug-likeness (QED) is 0.541. The topological polar surface area (TPSA) is 65.0 Å². The maximum absolute atomic E-state index is 12.5. The fourth-order valence-electron chi connectivity index (χ4n) is 2.59. The number of thiophene rings is 1. The zero-order valence-electron chi connectivity index (χ0n) is 14.0. The number of urea groups is 1. The van der Waals surface area contributed by atoms with Crippen LogP contribution in [0, 0.1) is 26.2 Å². The van der Waals surface area contributed by atoms with Crippen LogP contribution in [0.25, 0.3) is 0 Å². The zero-order valence-corrected chi connectivity index (χ0v) is 14.8. The van der Waals surface area contributed by atoms with Gasteiger partial charge in [0.05, 0.1) is 6.54 Å². The molecule has 2 amide bonds. The Hall–Kier alpha value is -2.35. The van der Waals surface area contributed by atoms with Gasteiger partial charge >= 0.3 is 12.2 Å². The molecule has 0 spiro atoms. The molecule has 0 saturated carbocycles. The first kappa shape index (κ1) is 19.0. The second-order valence-electron chi connectivity index (χ2n) is 5.72. The van der Waals surface area contributed by atoms with Crippen LogP contribution in [0.3, 0.4) is 0 Å². The van der Waals surface area contributed by atoms with E-state index in [1.165, 1.54) is 6.07 Å². The molecule has 0 aliphatic carbocycles. The van der Waals surface area contributed by atoms with Crippen LogP contribution in [0.2, 0.25) is 0 Å². The summed E-state index contributed by atoms with van der Waals surface area (Å²) in [5.74, 6) is -0.0466. The highest BCUT2D eigenvalue weighted by Gasteiger charge is 2.32. The van der Waals surface area contributed by atoms with Crippen LogP contribution in [0.1, 0.15) is 32.0 Å². The molecule has 1 heterocycles. The number of halogens is 3. The van der Waals surface area contributed by atoms with Crippen LogP contribution < -0.4 is 10.6 Å². The minimum atomic E-state index is -4.38. The fraction of sp³-hybridized carbons (Fsp3) is 0.294. The predicted octanol–water partition coefficient (Wildman–Crippen LogP) is 4.52. The van der Waals surface area contributed by atoms with E-state index in [0.29, 0.717) is 21.8 Å². The minimum Gasteiger partial charge on any atom is -0.333 e. The van der Waals surface area contributed by atoms with E-state index in [9.17, 15) is 18.0 Å². The molecule has 4 nitrogen and oxygen atoms in total. The van der Waals surface area contributed by atoms with Gasteiger partial charge in [0.2, 0.25) is 0 Å². The number of rotatable bonds is 3. The van der Waals surface area contributed by atoms with Crippen LogP contribution in [-0.4, -0.2) is 11.9 Å². The maximum Gasteiger partial charge on any atom is 0.425 e. The van der Waals surface area contributed by atoms with Crippen molar-refractivity contribution < 1.29 is 18.0 Å². The molecule has 0 saturated heterocycles. The summed E-state index contributed by atoms with van der Waals surface area (Å²) in [5, 5.41) is 13.0. The Morgan fingerprint density at radius 3 is 2.28 bits per heavy atom. The van der Waals surface area contributed by atoms with E-state index in [2.05, 4.69) is 10.6 Å². The summed E-state index contributed by atoms with van der Waals surface area (Å²) in [4.78, 5) is 11.6. The third kappa shape index (κ3) is 4.82. The van der Waals surface area contributed by atoms with Crippen molar-refractivity contribution >= 4 is 23.2 Å². The molecule has 1 aromatic carbocycles. The summed E-state index contributed by atoms with van der Waals surface area (Å²) in [7, 11) is 0. The Morgan fingerprint density at radius 2 is 1.76 bits per heavy atom. The molecule has 8 heteroatoms. The largest absolute Gasteiger partial charge is 0.425 e. The summed E-state index contributed by atoms with van der Waals surface area (Å²) in [6.45, 7) is 5.62. The maximum atomic E-state index is 12.5. The third-order valence-corrected chi connectivity index (χ3v) is 4.66. The number of hydrogen-bond acceptors (Lipinski definition) is 3. The summed E-state index contributed by atoms with van der Waals surface area (Å²) in [5.41, 5.74) is 3.44. The van der Waals surface area contributed by atoms with Gasteiger partial charge in [-0.15, -0.1) is 11.3 Å². The van der Waals surface area contributed by atoms with Crippen LogP contribution in [0.15, 0.2) is 24.3 Å². The highest BCUT2D eigenvalue weighted by molar-refractivity contribution is 7.12. The molecule has 0 atom stereocenters. The number of carbonyl (C=O) groups is 1. The molecule has 2 aromatic rings. The fourth-order valence-corrected chi connectivity index (χ4v) is 3.40. The van der Waals surface area contributed by atoms with Crippen molar-refractivity contribution in [3.63, 3.8) is 0 Å². The summed E-state index contributed by atoms with van der Waals surface area (Å²) in [6, 6.07) is 5.52. The van der Waals surface area contributed by atoms with E-state index in [0.717, 1.165) is 22.8 Å². The van der Waals surface area contributed by atoms with Gasteiger partial charge in [0.1, 0.15) is 10.7 Å². The first-order valence-corrected chi connectivity index (χ1v) is 8.27. The lowest BCUT2D eigenvalue weighted by Gasteiger charge is -2.14. The highest BCUT2D eigenvalue weighted by atomic mass is 32.1. The monoisotopic (exact) mass is 369 g/mol. The van der Waals surface area contributed by atoms with E-state index in [4.69, 9.17) is 5.41 Å². The minimum absolute atomic E-state index is 0.0360. The van der Waals surface area contributed by atoms with Crippen molar-refractivity contribution in [2.75, 3.05) is 0 Å². The van der Waals surface area contributed by atoms with Gasteiger partial charge in [-0.25, -0.2) is 4.79 Å². The summed E-state index contributed by atoms with van der Waals surface area (Å²) >= 11 is 0.582. The normalized spacial score (nSPS) is 11.3. The van der Waals surface area contributed by atoms with Gasteiger partial charge in [0.15, 0.2) is 0 Å². The molecule has 0 radical (unpaired) electrons. The molecule has 0 bridgehead atoms. The molecule has 2 rings (SSSR count). The smallest absolute Gasteiger partial charge is 0.333 e. The Bertz CT molecular complexity index is 789. The van der Waals surface area contributed by atoms with Crippen molar-refractivity contribution in [1.29, 1.82) is 5.41 Å². The molecule has 0 aliphatic rings. The Kier molecular flexibility index (Phi) is 5.52. The van der Waals surface area contributed by atoms with E-state index in [-0.39, 0.29) is 12.4 Å². The summed E-state index contributed by atoms with van der Waals surface area (Å²) < 4.78 is 37.6. The lowest BCUT2D eigenvalue weighted by Crippen LogP contribution is -2.39. The molecule has 0 fully saturated rings. The second kappa shape index (κ2) is 7.26. The van der Waals surface area contributed by atoms with Crippen molar-refractivity contribution in [3.8, 4) is 0 Å². The lowest BCUT2D eigenvalue weighted by atomic mass is 9.99. The number of benzene rings is 1. The average molecular weight is 369 g/mol. The van der Waals surface area contributed by atoms with E-state index >= 15 is 0 Å². The van der Waals surface area contributed by atoms with Crippen LogP contribution in [0.5, 0.6) is 0 Å². The zero-order chi connectivity index (χ0) is 18.8. The first-order chi connectivity index (χ1) is 11.6. The highest BCUT2D eigenvalue weighted by Crippen LogP contribution is 2.34. The molecule has 1 aromatic heterocycles.